The van der Waals surface area contributed by atoms with E-state index in [2.05, 4.69) is 10.1 Å². The zero-order valence-corrected chi connectivity index (χ0v) is 20.6. The summed E-state index contributed by atoms with van der Waals surface area (Å²) in [4.78, 5) is 18.9. The van der Waals surface area contributed by atoms with Crippen LogP contribution in [0.3, 0.4) is 0 Å². The predicted octanol–water partition coefficient (Wildman–Crippen LogP) is 5.91. The Morgan fingerprint density at radius 1 is 1.14 bits per heavy atom. The molecule has 2 atom stereocenters. The first-order chi connectivity index (χ1) is 16.3. The summed E-state index contributed by atoms with van der Waals surface area (Å²) < 4.78 is 62.0. The maximum atomic E-state index is 15.5. The maximum Gasteiger partial charge on any atom is 0.410 e. The van der Waals surface area contributed by atoms with Crippen molar-refractivity contribution in [2.24, 2.45) is 11.8 Å². The number of alkyl halides is 3. The molecule has 0 bridgehead atoms. The van der Waals surface area contributed by atoms with E-state index in [1.54, 1.807) is 16.3 Å². The van der Waals surface area contributed by atoms with Crippen LogP contribution in [0, 0.1) is 24.6 Å². The zero-order valence-electron chi connectivity index (χ0n) is 20.6. The van der Waals surface area contributed by atoms with E-state index < -0.39 is 23.5 Å². The molecule has 0 aromatic carbocycles. The van der Waals surface area contributed by atoms with E-state index in [1.807, 2.05) is 26.8 Å². The predicted molar refractivity (Wildman–Crippen MR) is 121 cm³/mol. The van der Waals surface area contributed by atoms with Crippen LogP contribution in [0.25, 0.3) is 5.65 Å². The van der Waals surface area contributed by atoms with E-state index in [0.717, 1.165) is 18.5 Å². The summed E-state index contributed by atoms with van der Waals surface area (Å²) in [6.45, 7) is 8.35. The van der Waals surface area contributed by atoms with Crippen molar-refractivity contribution in [3.05, 3.63) is 29.0 Å². The van der Waals surface area contributed by atoms with Gasteiger partial charge >= 0.3 is 12.3 Å². The van der Waals surface area contributed by atoms with Crippen LogP contribution in [-0.4, -0.2) is 50.5 Å². The van der Waals surface area contributed by atoms with Crippen molar-refractivity contribution in [1.82, 2.24) is 19.5 Å². The Balaban J connectivity index is 1.45. The Bertz CT molecular complexity index is 1150. The molecule has 3 aliphatic rings. The van der Waals surface area contributed by atoms with Gasteiger partial charge in [0, 0.05) is 30.1 Å². The number of aryl methyl sites for hydroxylation is 1. The molecule has 2 aromatic rings. The lowest BCUT2D eigenvalue weighted by Gasteiger charge is -2.34. The van der Waals surface area contributed by atoms with E-state index in [0.29, 0.717) is 24.7 Å². The molecular weight excluding hydrogens is 464 g/mol. The number of rotatable bonds is 2. The van der Waals surface area contributed by atoms with Crippen LogP contribution in [0.4, 0.5) is 22.4 Å². The average Bonchev–Trinajstić information content (AvgIpc) is 3.42. The number of fused-ring (bicyclic) bond motifs is 2. The van der Waals surface area contributed by atoms with Gasteiger partial charge in [-0.1, -0.05) is 0 Å². The molecule has 1 saturated heterocycles. The van der Waals surface area contributed by atoms with Crippen LogP contribution < -0.4 is 0 Å². The van der Waals surface area contributed by atoms with Gasteiger partial charge in [0.15, 0.2) is 11.5 Å². The lowest BCUT2D eigenvalue weighted by Crippen LogP contribution is -2.45. The topological polar surface area (TPSA) is 59.7 Å². The first kappa shape index (κ1) is 24.3. The van der Waals surface area contributed by atoms with E-state index in [4.69, 9.17) is 4.74 Å². The minimum Gasteiger partial charge on any atom is -0.444 e. The highest BCUT2D eigenvalue weighted by Crippen LogP contribution is 2.59. The molecule has 1 amide bonds. The van der Waals surface area contributed by atoms with Gasteiger partial charge in [0.25, 0.3) is 0 Å². The molecule has 3 fully saturated rings. The molecule has 10 heteroatoms. The van der Waals surface area contributed by atoms with Crippen molar-refractivity contribution in [2.75, 3.05) is 13.1 Å². The van der Waals surface area contributed by atoms with Crippen molar-refractivity contribution in [3.63, 3.8) is 0 Å². The van der Waals surface area contributed by atoms with Crippen LogP contribution >= 0.6 is 0 Å². The maximum absolute atomic E-state index is 15.5. The van der Waals surface area contributed by atoms with Gasteiger partial charge in [-0.25, -0.2) is 18.7 Å². The first-order valence-electron chi connectivity index (χ1n) is 12.4. The molecule has 2 aromatic heterocycles. The molecule has 3 heterocycles. The van der Waals surface area contributed by atoms with Gasteiger partial charge in [0.2, 0.25) is 0 Å². The van der Waals surface area contributed by atoms with Crippen LogP contribution in [0.5, 0.6) is 0 Å². The summed E-state index contributed by atoms with van der Waals surface area (Å²) in [5, 5.41) is 4.60. The molecule has 6 nitrogen and oxygen atoms in total. The van der Waals surface area contributed by atoms with E-state index in [1.165, 1.54) is 0 Å². The Labute approximate surface area is 202 Å². The minimum absolute atomic E-state index is 0.0162. The Kier molecular flexibility index (Phi) is 5.60. The number of hydrogen-bond acceptors (Lipinski definition) is 4. The second-order valence-corrected chi connectivity index (χ2v) is 11.6. The zero-order chi connectivity index (χ0) is 25.3. The fourth-order valence-electron chi connectivity index (χ4n) is 6.00. The quantitative estimate of drug-likeness (QED) is 0.485. The average molecular weight is 497 g/mol. The highest BCUT2D eigenvalue weighted by Gasteiger charge is 2.60. The molecule has 2 unspecified atom stereocenters. The fourth-order valence-corrected chi connectivity index (χ4v) is 6.00. The van der Waals surface area contributed by atoms with Crippen LogP contribution in [0.1, 0.15) is 82.3 Å². The third kappa shape index (κ3) is 4.37. The summed E-state index contributed by atoms with van der Waals surface area (Å²) in [6, 6.07) is 1.91. The number of hydrogen-bond donors (Lipinski definition) is 0. The van der Waals surface area contributed by atoms with Gasteiger partial charge in [-0.15, -0.1) is 0 Å². The lowest BCUT2D eigenvalue weighted by atomic mass is 9.80. The van der Waals surface area contributed by atoms with Crippen molar-refractivity contribution < 1.29 is 27.1 Å². The van der Waals surface area contributed by atoms with Gasteiger partial charge in [-0.2, -0.15) is 18.3 Å². The molecule has 2 saturated carbocycles. The van der Waals surface area contributed by atoms with Gasteiger partial charge in [0.1, 0.15) is 11.3 Å². The molecule has 2 aliphatic carbocycles. The number of carbonyl (C=O) groups excluding carboxylic acids is 1. The first-order valence-corrected chi connectivity index (χ1v) is 12.4. The minimum atomic E-state index is -4.21. The molecule has 1 aliphatic heterocycles. The molecular formula is C25H32F4N4O2. The second kappa shape index (κ2) is 8.06. The SMILES string of the molecule is Cc1cc(C23CC2CCN(C(=O)OC(C)(C)C)C3)n2nc([C@H]3CC[C@H](C(F)(F)F)CC3)c(F)c2n1. The van der Waals surface area contributed by atoms with Gasteiger partial charge in [0.05, 0.1) is 11.6 Å². The Hall–Kier alpha value is -2.39. The van der Waals surface area contributed by atoms with Crippen LogP contribution in [0.2, 0.25) is 0 Å². The van der Waals surface area contributed by atoms with E-state index in [-0.39, 0.29) is 54.5 Å². The highest BCUT2D eigenvalue weighted by atomic mass is 19.4. The van der Waals surface area contributed by atoms with Crippen LogP contribution in [0.15, 0.2) is 6.07 Å². The Morgan fingerprint density at radius 2 is 1.83 bits per heavy atom. The third-order valence-electron chi connectivity index (χ3n) is 7.88. The number of piperidine rings is 1. The van der Waals surface area contributed by atoms with Crippen LogP contribution in [-0.2, 0) is 10.2 Å². The standard InChI is InChI=1S/C25H32F4N4O2/c1-14-11-18(24-12-17(24)9-10-32(13-24)22(34)35-23(2,3)4)33-21(30-14)19(26)20(31-33)15-5-7-16(8-6-15)25(27,28)29/h11,15-17H,5-10,12-13H2,1-4H3/t15-,16-,17?,24?. The normalized spacial score (nSPS) is 29.3. The lowest BCUT2D eigenvalue weighted by molar-refractivity contribution is -0.182. The summed E-state index contributed by atoms with van der Waals surface area (Å²) in [7, 11) is 0. The van der Waals surface area contributed by atoms with Gasteiger partial charge in [-0.3, -0.25) is 0 Å². The number of halogens is 4. The number of aromatic nitrogens is 3. The number of ether oxygens (including phenoxy) is 1. The molecule has 0 spiro atoms. The number of amides is 1. The largest absolute Gasteiger partial charge is 0.444 e. The smallest absolute Gasteiger partial charge is 0.410 e. The Morgan fingerprint density at radius 3 is 2.46 bits per heavy atom. The summed E-state index contributed by atoms with van der Waals surface area (Å²) >= 11 is 0. The number of carbonyl (C=O) groups is 1. The summed E-state index contributed by atoms with van der Waals surface area (Å²) in [5.74, 6) is -1.88. The molecule has 0 N–H and O–H groups in total. The second-order valence-electron chi connectivity index (χ2n) is 11.6. The summed E-state index contributed by atoms with van der Waals surface area (Å²) in [6.07, 6.45) is -2.43. The summed E-state index contributed by atoms with van der Waals surface area (Å²) in [5.41, 5.74) is 0.822. The van der Waals surface area contributed by atoms with Crippen molar-refractivity contribution in [1.29, 1.82) is 0 Å². The molecule has 192 valence electrons. The van der Waals surface area contributed by atoms with Crippen molar-refractivity contribution in [2.45, 2.75) is 89.3 Å². The van der Waals surface area contributed by atoms with Crippen molar-refractivity contribution in [3.8, 4) is 0 Å². The van der Waals surface area contributed by atoms with Gasteiger partial charge < -0.3 is 9.64 Å². The van der Waals surface area contributed by atoms with Gasteiger partial charge in [-0.05, 0) is 78.2 Å². The fraction of sp³-hybridized carbons (Fsp3) is 0.720. The highest BCUT2D eigenvalue weighted by molar-refractivity contribution is 5.69. The van der Waals surface area contributed by atoms with E-state index >= 15 is 4.39 Å². The molecule has 5 rings (SSSR count). The monoisotopic (exact) mass is 496 g/mol. The van der Waals surface area contributed by atoms with Crippen molar-refractivity contribution >= 4 is 11.7 Å². The third-order valence-corrected chi connectivity index (χ3v) is 7.88. The van der Waals surface area contributed by atoms with E-state index in [9.17, 15) is 18.0 Å². The molecule has 35 heavy (non-hydrogen) atoms. The number of nitrogens with zero attached hydrogens (tertiary/aromatic N) is 4. The number of likely N-dealkylation sites (tertiary alicyclic amines) is 1. The molecule has 0 radical (unpaired) electrons.